The summed E-state index contributed by atoms with van der Waals surface area (Å²) in [6.07, 6.45) is 2.30. The Labute approximate surface area is 102 Å². The van der Waals surface area contributed by atoms with Gasteiger partial charge in [0.25, 0.3) is 0 Å². The minimum absolute atomic E-state index is 0.489. The Morgan fingerprint density at radius 3 is 2.69 bits per heavy atom. The van der Waals surface area contributed by atoms with Gasteiger partial charge < -0.3 is 10.2 Å². The van der Waals surface area contributed by atoms with Crippen LogP contribution in [0.4, 0.5) is 5.82 Å². The molecule has 0 unspecified atom stereocenters. The highest BCUT2D eigenvalue weighted by Gasteiger charge is 1.99. The molecule has 90 valence electrons. The quantitative estimate of drug-likeness (QED) is 0.613. The van der Waals surface area contributed by atoms with E-state index in [1.807, 2.05) is 6.92 Å². The van der Waals surface area contributed by atoms with Crippen LogP contribution < -0.4 is 5.32 Å². The lowest BCUT2D eigenvalue weighted by atomic mass is 10.3. The summed E-state index contributed by atoms with van der Waals surface area (Å²) in [6, 6.07) is 1.75. The summed E-state index contributed by atoms with van der Waals surface area (Å²) in [5.41, 5.74) is 0. The van der Waals surface area contributed by atoms with E-state index in [0.717, 1.165) is 25.3 Å². The fourth-order valence-electron chi connectivity index (χ4n) is 1.39. The second-order valence-corrected chi connectivity index (χ2v) is 4.45. The lowest BCUT2D eigenvalue weighted by molar-refractivity contribution is 0.396. The lowest BCUT2D eigenvalue weighted by Gasteiger charge is -2.09. The second-order valence-electron chi connectivity index (χ2n) is 4.06. The number of hydrogen-bond acceptors (Lipinski definition) is 4. The van der Waals surface area contributed by atoms with Crippen molar-refractivity contribution >= 4 is 17.4 Å². The monoisotopic (exact) mass is 242 g/mol. The highest BCUT2D eigenvalue weighted by Crippen LogP contribution is 2.10. The first-order valence-corrected chi connectivity index (χ1v) is 5.85. The van der Waals surface area contributed by atoms with Gasteiger partial charge in [0, 0.05) is 12.6 Å². The number of hydrogen-bond donors (Lipinski definition) is 1. The average Bonchev–Trinajstić information content (AvgIpc) is 2.15. The SMILES string of the molecule is Cc1nc(Cl)cc(NCCCCN(C)C)n1. The molecule has 0 radical (unpaired) electrons. The highest BCUT2D eigenvalue weighted by atomic mass is 35.5. The van der Waals surface area contributed by atoms with Crippen LogP contribution >= 0.6 is 11.6 Å². The minimum Gasteiger partial charge on any atom is -0.370 e. The molecular weight excluding hydrogens is 224 g/mol. The maximum Gasteiger partial charge on any atom is 0.134 e. The molecule has 5 heteroatoms. The van der Waals surface area contributed by atoms with Crippen LogP contribution in [0.1, 0.15) is 18.7 Å². The molecule has 0 saturated carbocycles. The summed E-state index contributed by atoms with van der Waals surface area (Å²) in [5.74, 6) is 1.51. The Hall–Kier alpha value is -0.870. The van der Waals surface area contributed by atoms with Crippen molar-refractivity contribution < 1.29 is 0 Å². The fourth-order valence-corrected chi connectivity index (χ4v) is 1.62. The number of halogens is 1. The van der Waals surface area contributed by atoms with Crippen LogP contribution in [0.5, 0.6) is 0 Å². The molecule has 0 spiro atoms. The number of aromatic nitrogens is 2. The van der Waals surface area contributed by atoms with Crippen LogP contribution in [0.3, 0.4) is 0 Å². The molecule has 0 aliphatic rings. The third kappa shape index (κ3) is 5.28. The Morgan fingerprint density at radius 2 is 2.06 bits per heavy atom. The van der Waals surface area contributed by atoms with Gasteiger partial charge in [-0.1, -0.05) is 11.6 Å². The molecule has 16 heavy (non-hydrogen) atoms. The molecule has 0 aliphatic carbocycles. The van der Waals surface area contributed by atoms with Crippen LogP contribution in [-0.4, -0.2) is 42.1 Å². The molecule has 0 saturated heterocycles. The summed E-state index contributed by atoms with van der Waals surface area (Å²) in [6.45, 7) is 3.87. The van der Waals surface area contributed by atoms with Gasteiger partial charge >= 0.3 is 0 Å². The Bertz CT molecular complexity index is 308. The third-order valence-corrected chi connectivity index (χ3v) is 2.34. The maximum atomic E-state index is 5.83. The fraction of sp³-hybridized carbons (Fsp3) is 0.636. The van der Waals surface area contributed by atoms with Crippen molar-refractivity contribution in [3.05, 3.63) is 17.0 Å². The smallest absolute Gasteiger partial charge is 0.134 e. The van der Waals surface area contributed by atoms with Crippen molar-refractivity contribution in [2.45, 2.75) is 19.8 Å². The zero-order valence-electron chi connectivity index (χ0n) is 10.1. The summed E-state index contributed by atoms with van der Waals surface area (Å²) >= 11 is 5.83. The van der Waals surface area contributed by atoms with Crippen molar-refractivity contribution in [1.82, 2.24) is 14.9 Å². The minimum atomic E-state index is 0.489. The van der Waals surface area contributed by atoms with E-state index in [9.17, 15) is 0 Å². The maximum absolute atomic E-state index is 5.83. The summed E-state index contributed by atoms with van der Waals surface area (Å²) in [4.78, 5) is 10.4. The first-order valence-electron chi connectivity index (χ1n) is 5.47. The number of unbranched alkanes of at least 4 members (excludes halogenated alkanes) is 1. The predicted molar refractivity (Wildman–Crippen MR) is 68.1 cm³/mol. The van der Waals surface area contributed by atoms with Crippen LogP contribution in [0, 0.1) is 6.92 Å². The molecule has 1 rings (SSSR count). The van der Waals surface area contributed by atoms with Gasteiger partial charge in [-0.05, 0) is 40.4 Å². The van der Waals surface area contributed by atoms with E-state index in [1.54, 1.807) is 6.07 Å². The summed E-state index contributed by atoms with van der Waals surface area (Å²) in [5, 5.41) is 3.74. The van der Waals surface area contributed by atoms with Gasteiger partial charge in [0.2, 0.25) is 0 Å². The molecule has 0 aliphatic heterocycles. The largest absolute Gasteiger partial charge is 0.370 e. The van der Waals surface area contributed by atoms with Gasteiger partial charge in [0.1, 0.15) is 16.8 Å². The molecule has 1 aromatic rings. The van der Waals surface area contributed by atoms with E-state index in [2.05, 4.69) is 34.3 Å². The van der Waals surface area contributed by atoms with Crippen LogP contribution in [-0.2, 0) is 0 Å². The molecule has 0 amide bonds. The van der Waals surface area contributed by atoms with Gasteiger partial charge in [-0.25, -0.2) is 9.97 Å². The summed E-state index contributed by atoms with van der Waals surface area (Å²) in [7, 11) is 4.17. The molecule has 0 bridgehead atoms. The number of nitrogens with one attached hydrogen (secondary N) is 1. The van der Waals surface area contributed by atoms with Gasteiger partial charge in [-0.3, -0.25) is 0 Å². The van der Waals surface area contributed by atoms with Crippen molar-refractivity contribution in [3.8, 4) is 0 Å². The van der Waals surface area contributed by atoms with Gasteiger partial charge in [-0.15, -0.1) is 0 Å². The second kappa shape index (κ2) is 6.66. The topological polar surface area (TPSA) is 41.1 Å². The molecule has 0 fully saturated rings. The molecular formula is C11H19ClN4. The van der Waals surface area contributed by atoms with Crippen molar-refractivity contribution in [2.75, 3.05) is 32.5 Å². The summed E-state index contributed by atoms with van der Waals surface area (Å²) < 4.78 is 0. The van der Waals surface area contributed by atoms with Crippen molar-refractivity contribution in [2.24, 2.45) is 0 Å². The van der Waals surface area contributed by atoms with Crippen LogP contribution in [0.2, 0.25) is 5.15 Å². The zero-order chi connectivity index (χ0) is 12.0. The predicted octanol–water partition coefficient (Wildman–Crippen LogP) is 2.19. The Morgan fingerprint density at radius 1 is 1.31 bits per heavy atom. The number of aryl methyl sites for hydroxylation is 1. The van der Waals surface area contributed by atoms with E-state index in [1.165, 1.54) is 6.42 Å². The van der Waals surface area contributed by atoms with E-state index in [0.29, 0.717) is 11.0 Å². The zero-order valence-corrected chi connectivity index (χ0v) is 10.9. The third-order valence-electron chi connectivity index (χ3n) is 2.14. The van der Waals surface area contributed by atoms with E-state index in [-0.39, 0.29) is 0 Å². The van der Waals surface area contributed by atoms with E-state index < -0.39 is 0 Å². The average molecular weight is 243 g/mol. The van der Waals surface area contributed by atoms with Gasteiger partial charge in [0.05, 0.1) is 0 Å². The first kappa shape index (κ1) is 13.2. The molecule has 1 heterocycles. The van der Waals surface area contributed by atoms with Gasteiger partial charge in [-0.2, -0.15) is 0 Å². The number of anilines is 1. The highest BCUT2D eigenvalue weighted by molar-refractivity contribution is 6.29. The van der Waals surface area contributed by atoms with Crippen molar-refractivity contribution in [1.29, 1.82) is 0 Å². The van der Waals surface area contributed by atoms with E-state index in [4.69, 9.17) is 11.6 Å². The molecule has 0 aromatic carbocycles. The number of rotatable bonds is 6. The van der Waals surface area contributed by atoms with Crippen LogP contribution in [0.25, 0.3) is 0 Å². The Balaban J connectivity index is 2.26. The Kier molecular flexibility index (Phi) is 5.49. The van der Waals surface area contributed by atoms with Gasteiger partial charge in [0.15, 0.2) is 0 Å². The molecule has 1 aromatic heterocycles. The normalized spacial score (nSPS) is 10.8. The first-order chi connectivity index (χ1) is 7.58. The molecule has 0 atom stereocenters. The van der Waals surface area contributed by atoms with E-state index >= 15 is 0 Å². The molecule has 1 N–H and O–H groups in total. The standard InChI is InChI=1S/C11H19ClN4/c1-9-14-10(12)8-11(15-9)13-6-4-5-7-16(2)3/h8H,4-7H2,1-3H3,(H,13,14,15). The van der Waals surface area contributed by atoms with Crippen molar-refractivity contribution in [3.63, 3.8) is 0 Å². The number of nitrogens with zero attached hydrogens (tertiary/aromatic N) is 3. The lowest BCUT2D eigenvalue weighted by Crippen LogP contribution is -2.14. The molecule has 4 nitrogen and oxygen atoms in total. The van der Waals surface area contributed by atoms with Crippen LogP contribution in [0.15, 0.2) is 6.07 Å².